The maximum Gasteiger partial charge on any atom is 0.146 e. The number of rotatable bonds is 4. The van der Waals surface area contributed by atoms with Crippen LogP contribution >= 0.6 is 15.9 Å². The summed E-state index contributed by atoms with van der Waals surface area (Å²) in [4.78, 5) is 4.17. The first kappa shape index (κ1) is 13.1. The van der Waals surface area contributed by atoms with Crippen LogP contribution in [0.15, 0.2) is 47.2 Å². The van der Waals surface area contributed by atoms with Crippen LogP contribution in [0.5, 0.6) is 11.5 Å². The SMILES string of the molecule is CC(N)Cc1cncc(Oc2ccccc2Br)c1. The number of ether oxygens (including phenoxy) is 1. The molecule has 0 aliphatic rings. The molecule has 0 aliphatic carbocycles. The van der Waals surface area contributed by atoms with Gasteiger partial charge in [-0.2, -0.15) is 0 Å². The molecule has 3 nitrogen and oxygen atoms in total. The highest BCUT2D eigenvalue weighted by atomic mass is 79.9. The fourth-order valence-corrected chi connectivity index (χ4v) is 2.02. The second-order valence-electron chi connectivity index (χ2n) is 4.24. The minimum absolute atomic E-state index is 0.116. The highest BCUT2D eigenvalue weighted by Gasteiger charge is 2.04. The quantitative estimate of drug-likeness (QED) is 0.940. The van der Waals surface area contributed by atoms with Gasteiger partial charge in [0.1, 0.15) is 11.5 Å². The van der Waals surface area contributed by atoms with Crippen LogP contribution in [0, 0.1) is 0 Å². The Balaban J connectivity index is 2.17. The second-order valence-corrected chi connectivity index (χ2v) is 5.10. The van der Waals surface area contributed by atoms with Gasteiger partial charge in [-0.15, -0.1) is 0 Å². The Bertz CT molecular complexity index is 529. The van der Waals surface area contributed by atoms with Crippen molar-refractivity contribution >= 4 is 15.9 Å². The van der Waals surface area contributed by atoms with Crippen molar-refractivity contribution < 1.29 is 4.74 Å². The van der Waals surface area contributed by atoms with Crippen molar-refractivity contribution in [3.05, 3.63) is 52.8 Å². The third-order valence-corrected chi connectivity index (χ3v) is 3.05. The third kappa shape index (κ3) is 3.55. The minimum Gasteiger partial charge on any atom is -0.455 e. The van der Waals surface area contributed by atoms with E-state index in [0.717, 1.165) is 28.0 Å². The molecule has 2 aromatic rings. The van der Waals surface area contributed by atoms with Crippen LogP contribution in [-0.4, -0.2) is 11.0 Å². The van der Waals surface area contributed by atoms with E-state index < -0.39 is 0 Å². The Labute approximate surface area is 115 Å². The number of pyridine rings is 1. The normalized spacial score (nSPS) is 12.2. The molecule has 1 unspecified atom stereocenters. The Hall–Kier alpha value is -1.39. The Morgan fingerprint density at radius 1 is 1.33 bits per heavy atom. The fourth-order valence-electron chi connectivity index (χ4n) is 1.66. The third-order valence-electron chi connectivity index (χ3n) is 2.39. The minimum atomic E-state index is 0.116. The summed E-state index contributed by atoms with van der Waals surface area (Å²) in [6, 6.07) is 9.80. The molecule has 0 fully saturated rings. The maximum atomic E-state index is 5.78. The number of nitrogens with two attached hydrogens (primary N) is 1. The van der Waals surface area contributed by atoms with Crippen LogP contribution in [-0.2, 0) is 6.42 Å². The number of hydrogen-bond donors (Lipinski definition) is 1. The lowest BCUT2D eigenvalue weighted by Gasteiger charge is -2.09. The van der Waals surface area contributed by atoms with Crippen molar-refractivity contribution in [2.45, 2.75) is 19.4 Å². The van der Waals surface area contributed by atoms with Gasteiger partial charge in [-0.25, -0.2) is 0 Å². The number of para-hydroxylation sites is 1. The molecule has 1 atom stereocenters. The van der Waals surface area contributed by atoms with E-state index in [-0.39, 0.29) is 6.04 Å². The standard InChI is InChI=1S/C14H15BrN2O/c1-10(16)6-11-7-12(9-17-8-11)18-14-5-3-2-4-13(14)15/h2-5,7-10H,6,16H2,1H3. The van der Waals surface area contributed by atoms with E-state index in [9.17, 15) is 0 Å². The van der Waals surface area contributed by atoms with Crippen molar-refractivity contribution in [1.29, 1.82) is 0 Å². The molecular formula is C14H15BrN2O. The number of halogens is 1. The van der Waals surface area contributed by atoms with Crippen molar-refractivity contribution in [3.8, 4) is 11.5 Å². The molecule has 0 amide bonds. The van der Waals surface area contributed by atoms with Crippen molar-refractivity contribution in [2.24, 2.45) is 5.73 Å². The Morgan fingerprint density at radius 2 is 2.11 bits per heavy atom. The molecule has 0 radical (unpaired) electrons. The zero-order valence-electron chi connectivity index (χ0n) is 10.1. The Morgan fingerprint density at radius 3 is 2.83 bits per heavy atom. The zero-order chi connectivity index (χ0) is 13.0. The van der Waals surface area contributed by atoms with E-state index in [1.165, 1.54) is 0 Å². The molecule has 1 heterocycles. The van der Waals surface area contributed by atoms with Crippen LogP contribution < -0.4 is 10.5 Å². The van der Waals surface area contributed by atoms with Gasteiger partial charge in [0, 0.05) is 12.2 Å². The van der Waals surface area contributed by atoms with E-state index in [4.69, 9.17) is 10.5 Å². The number of hydrogen-bond acceptors (Lipinski definition) is 3. The predicted molar refractivity (Wildman–Crippen MR) is 75.8 cm³/mol. The summed E-state index contributed by atoms with van der Waals surface area (Å²) in [6.45, 7) is 1.97. The summed E-state index contributed by atoms with van der Waals surface area (Å²) in [7, 11) is 0. The van der Waals surface area contributed by atoms with Gasteiger partial charge in [0.15, 0.2) is 0 Å². The van der Waals surface area contributed by atoms with Crippen molar-refractivity contribution in [2.75, 3.05) is 0 Å². The van der Waals surface area contributed by atoms with Gasteiger partial charge in [0.2, 0.25) is 0 Å². The fraction of sp³-hybridized carbons (Fsp3) is 0.214. The van der Waals surface area contributed by atoms with Crippen LogP contribution in [0.25, 0.3) is 0 Å². The highest BCUT2D eigenvalue weighted by Crippen LogP contribution is 2.29. The van der Waals surface area contributed by atoms with Crippen LogP contribution in [0.1, 0.15) is 12.5 Å². The summed E-state index contributed by atoms with van der Waals surface area (Å²) in [5, 5.41) is 0. The van der Waals surface area contributed by atoms with Crippen LogP contribution in [0.4, 0.5) is 0 Å². The van der Waals surface area contributed by atoms with Gasteiger partial charge in [-0.1, -0.05) is 12.1 Å². The molecule has 0 bridgehead atoms. The molecule has 94 valence electrons. The van der Waals surface area contributed by atoms with Gasteiger partial charge >= 0.3 is 0 Å². The zero-order valence-corrected chi connectivity index (χ0v) is 11.7. The number of benzene rings is 1. The molecule has 0 saturated heterocycles. The lowest BCUT2D eigenvalue weighted by Crippen LogP contribution is -2.17. The first-order valence-electron chi connectivity index (χ1n) is 5.77. The second kappa shape index (κ2) is 5.98. The first-order chi connectivity index (χ1) is 8.65. The molecular weight excluding hydrogens is 292 g/mol. The lowest BCUT2D eigenvalue weighted by atomic mass is 10.1. The Kier molecular flexibility index (Phi) is 4.33. The summed E-state index contributed by atoms with van der Waals surface area (Å²) < 4.78 is 6.70. The average Bonchev–Trinajstić information content (AvgIpc) is 2.32. The molecule has 1 aromatic carbocycles. The van der Waals surface area contributed by atoms with Gasteiger partial charge < -0.3 is 10.5 Å². The maximum absolute atomic E-state index is 5.78. The molecule has 0 saturated carbocycles. The van der Waals surface area contributed by atoms with E-state index in [1.807, 2.05) is 43.5 Å². The summed E-state index contributed by atoms with van der Waals surface area (Å²) >= 11 is 3.45. The molecule has 0 spiro atoms. The molecule has 2 rings (SSSR count). The molecule has 2 N–H and O–H groups in total. The number of aromatic nitrogens is 1. The van der Waals surface area contributed by atoms with Crippen LogP contribution in [0.2, 0.25) is 0 Å². The molecule has 18 heavy (non-hydrogen) atoms. The molecule has 1 aromatic heterocycles. The van der Waals surface area contributed by atoms with E-state index in [1.54, 1.807) is 6.20 Å². The van der Waals surface area contributed by atoms with E-state index in [2.05, 4.69) is 20.9 Å². The first-order valence-corrected chi connectivity index (χ1v) is 6.56. The van der Waals surface area contributed by atoms with Gasteiger partial charge in [-0.3, -0.25) is 4.98 Å². The van der Waals surface area contributed by atoms with E-state index >= 15 is 0 Å². The summed E-state index contributed by atoms with van der Waals surface area (Å²) in [5.74, 6) is 1.50. The van der Waals surface area contributed by atoms with Crippen molar-refractivity contribution in [3.63, 3.8) is 0 Å². The largest absolute Gasteiger partial charge is 0.455 e. The van der Waals surface area contributed by atoms with Gasteiger partial charge in [0.25, 0.3) is 0 Å². The van der Waals surface area contributed by atoms with E-state index in [0.29, 0.717) is 0 Å². The number of nitrogens with zero attached hydrogens (tertiary/aromatic N) is 1. The lowest BCUT2D eigenvalue weighted by molar-refractivity contribution is 0.476. The predicted octanol–water partition coefficient (Wildman–Crippen LogP) is 3.53. The topological polar surface area (TPSA) is 48.1 Å². The highest BCUT2D eigenvalue weighted by molar-refractivity contribution is 9.10. The smallest absolute Gasteiger partial charge is 0.146 e. The van der Waals surface area contributed by atoms with Crippen LogP contribution in [0.3, 0.4) is 0 Å². The van der Waals surface area contributed by atoms with Gasteiger partial charge in [0.05, 0.1) is 10.7 Å². The molecule has 4 heteroatoms. The summed E-state index contributed by atoms with van der Waals surface area (Å²) in [5.41, 5.74) is 6.85. The van der Waals surface area contributed by atoms with Crippen molar-refractivity contribution in [1.82, 2.24) is 4.98 Å². The average molecular weight is 307 g/mol. The molecule has 0 aliphatic heterocycles. The summed E-state index contributed by atoms with van der Waals surface area (Å²) in [6.07, 6.45) is 4.31. The monoisotopic (exact) mass is 306 g/mol. The van der Waals surface area contributed by atoms with Gasteiger partial charge in [-0.05, 0) is 53.0 Å².